The Kier molecular flexibility index (Phi) is 67.7. The van der Waals surface area contributed by atoms with Crippen molar-refractivity contribution in [2.24, 2.45) is 0 Å². The molecule has 0 bridgehead atoms. The molecule has 6 nitrogen and oxygen atoms in total. The number of ether oxygens (including phenoxy) is 3. The maximum atomic E-state index is 12.9. The smallest absolute Gasteiger partial charge is 0.306 e. The Balaban J connectivity index is 3.98. The molecule has 478 valence electrons. The van der Waals surface area contributed by atoms with E-state index in [1.165, 1.54) is 205 Å². The van der Waals surface area contributed by atoms with Gasteiger partial charge in [0.05, 0.1) is 0 Å². The Bertz CT molecular complexity index is 1610. The van der Waals surface area contributed by atoms with Crippen LogP contribution in [0.2, 0.25) is 0 Å². The highest BCUT2D eigenvalue weighted by atomic mass is 16.6. The van der Waals surface area contributed by atoms with Crippen molar-refractivity contribution in [3.05, 3.63) is 97.2 Å². The SMILES string of the molecule is CC/C=C\C/C=C\C/C=C\C/C=C\C/C=C\C/C=C\C/C=C\CCCCCCCCCCCCCC(=O)OCC(COC(=O)CCCCCCC)OC(=O)CCCCCCCCCCCCCCCCC/C=C\CCCCCCCCCC. The van der Waals surface area contributed by atoms with Gasteiger partial charge in [0.25, 0.3) is 0 Å². The summed E-state index contributed by atoms with van der Waals surface area (Å²) in [5.41, 5.74) is 0. The molecule has 1 atom stereocenters. The third-order valence-electron chi connectivity index (χ3n) is 15.6. The predicted octanol–water partition coefficient (Wildman–Crippen LogP) is 24.8. The molecule has 83 heavy (non-hydrogen) atoms. The minimum Gasteiger partial charge on any atom is -0.462 e. The van der Waals surface area contributed by atoms with Gasteiger partial charge in [-0.1, -0.05) is 330 Å². The van der Waals surface area contributed by atoms with Crippen LogP contribution in [0.4, 0.5) is 0 Å². The molecule has 0 aliphatic carbocycles. The Morgan fingerprint density at radius 3 is 0.747 bits per heavy atom. The molecule has 0 rings (SSSR count). The summed E-state index contributed by atoms with van der Waals surface area (Å²) in [5, 5.41) is 0. The summed E-state index contributed by atoms with van der Waals surface area (Å²) in [7, 11) is 0. The van der Waals surface area contributed by atoms with Crippen LogP contribution >= 0.6 is 0 Å². The minimum absolute atomic E-state index is 0.0754. The van der Waals surface area contributed by atoms with Crippen molar-refractivity contribution in [1.82, 2.24) is 0 Å². The van der Waals surface area contributed by atoms with E-state index in [4.69, 9.17) is 14.2 Å². The van der Waals surface area contributed by atoms with Gasteiger partial charge < -0.3 is 14.2 Å². The Hall–Kier alpha value is -3.67. The van der Waals surface area contributed by atoms with E-state index in [2.05, 4.69) is 118 Å². The first kappa shape index (κ1) is 79.3. The molecule has 0 fully saturated rings. The van der Waals surface area contributed by atoms with Crippen molar-refractivity contribution in [2.45, 2.75) is 361 Å². The molecule has 0 aromatic rings. The van der Waals surface area contributed by atoms with E-state index in [0.29, 0.717) is 19.3 Å². The lowest BCUT2D eigenvalue weighted by Gasteiger charge is -2.18. The molecule has 0 N–H and O–H groups in total. The van der Waals surface area contributed by atoms with Crippen LogP contribution in [0.25, 0.3) is 0 Å². The average molecular weight is 1160 g/mol. The Morgan fingerprint density at radius 1 is 0.253 bits per heavy atom. The molecule has 0 heterocycles. The van der Waals surface area contributed by atoms with Gasteiger partial charge in [-0.25, -0.2) is 0 Å². The van der Waals surface area contributed by atoms with Gasteiger partial charge in [-0.2, -0.15) is 0 Å². The van der Waals surface area contributed by atoms with E-state index in [1.807, 2.05) is 0 Å². The van der Waals surface area contributed by atoms with Gasteiger partial charge in [-0.15, -0.1) is 0 Å². The van der Waals surface area contributed by atoms with Gasteiger partial charge in [-0.05, 0) is 103 Å². The second-order valence-electron chi connectivity index (χ2n) is 23.8. The van der Waals surface area contributed by atoms with Crippen molar-refractivity contribution in [1.29, 1.82) is 0 Å². The lowest BCUT2D eigenvalue weighted by Crippen LogP contribution is -2.30. The van der Waals surface area contributed by atoms with Crippen molar-refractivity contribution < 1.29 is 28.6 Å². The van der Waals surface area contributed by atoms with Crippen LogP contribution < -0.4 is 0 Å². The summed E-state index contributed by atoms with van der Waals surface area (Å²) in [6.07, 6.45) is 96.4. The van der Waals surface area contributed by atoms with E-state index < -0.39 is 6.10 Å². The highest BCUT2D eigenvalue weighted by Crippen LogP contribution is 2.17. The molecule has 0 aromatic heterocycles. The van der Waals surface area contributed by atoms with E-state index >= 15 is 0 Å². The number of esters is 3. The fourth-order valence-corrected chi connectivity index (χ4v) is 10.2. The summed E-state index contributed by atoms with van der Waals surface area (Å²) in [6, 6.07) is 0. The van der Waals surface area contributed by atoms with Crippen LogP contribution in [0.5, 0.6) is 0 Å². The van der Waals surface area contributed by atoms with E-state index in [1.54, 1.807) is 0 Å². The first-order chi connectivity index (χ1) is 41.0. The third-order valence-corrected chi connectivity index (χ3v) is 15.6. The van der Waals surface area contributed by atoms with Crippen LogP contribution in [0, 0.1) is 0 Å². The Labute approximate surface area is 515 Å². The molecule has 0 aromatic carbocycles. The summed E-state index contributed by atoms with van der Waals surface area (Å²) in [5.74, 6) is -0.877. The van der Waals surface area contributed by atoms with Gasteiger partial charge in [0, 0.05) is 19.3 Å². The fourth-order valence-electron chi connectivity index (χ4n) is 10.2. The van der Waals surface area contributed by atoms with Crippen LogP contribution in [0.1, 0.15) is 355 Å². The number of rotatable bonds is 65. The molecule has 1 unspecified atom stereocenters. The van der Waals surface area contributed by atoms with Gasteiger partial charge in [0.15, 0.2) is 6.10 Å². The number of carbonyl (C=O) groups is 3. The lowest BCUT2D eigenvalue weighted by atomic mass is 10.0. The summed E-state index contributed by atoms with van der Waals surface area (Å²) in [6.45, 7) is 6.48. The lowest BCUT2D eigenvalue weighted by molar-refractivity contribution is -0.167. The van der Waals surface area contributed by atoms with Gasteiger partial charge in [-0.3, -0.25) is 14.4 Å². The zero-order valence-corrected chi connectivity index (χ0v) is 54.9. The van der Waals surface area contributed by atoms with E-state index in [-0.39, 0.29) is 31.1 Å². The zero-order chi connectivity index (χ0) is 59.9. The second-order valence-corrected chi connectivity index (χ2v) is 23.8. The third kappa shape index (κ3) is 69.0. The van der Waals surface area contributed by atoms with Gasteiger partial charge in [0.2, 0.25) is 0 Å². The molecule has 0 amide bonds. The van der Waals surface area contributed by atoms with Crippen LogP contribution in [-0.2, 0) is 28.6 Å². The van der Waals surface area contributed by atoms with Crippen molar-refractivity contribution in [2.75, 3.05) is 13.2 Å². The highest BCUT2D eigenvalue weighted by molar-refractivity contribution is 5.71. The first-order valence-corrected chi connectivity index (χ1v) is 35.7. The number of hydrogen-bond donors (Lipinski definition) is 0. The van der Waals surface area contributed by atoms with Crippen LogP contribution in [0.15, 0.2) is 97.2 Å². The molecule has 0 radical (unpaired) electrons. The fraction of sp³-hybridized carbons (Fsp3) is 0.753. The predicted molar refractivity (Wildman–Crippen MR) is 362 cm³/mol. The van der Waals surface area contributed by atoms with Crippen molar-refractivity contribution >= 4 is 17.9 Å². The topological polar surface area (TPSA) is 78.9 Å². The number of carbonyl (C=O) groups excluding carboxylic acids is 3. The quantitative estimate of drug-likeness (QED) is 0.0261. The molecule has 0 saturated carbocycles. The van der Waals surface area contributed by atoms with Gasteiger partial charge >= 0.3 is 17.9 Å². The monoisotopic (exact) mass is 1160 g/mol. The van der Waals surface area contributed by atoms with Crippen LogP contribution in [0.3, 0.4) is 0 Å². The van der Waals surface area contributed by atoms with E-state index in [9.17, 15) is 14.4 Å². The molecular formula is C77H134O6. The first-order valence-electron chi connectivity index (χ1n) is 35.7. The summed E-state index contributed by atoms with van der Waals surface area (Å²) >= 11 is 0. The van der Waals surface area contributed by atoms with Crippen LogP contribution in [-0.4, -0.2) is 37.2 Å². The maximum Gasteiger partial charge on any atom is 0.306 e. The largest absolute Gasteiger partial charge is 0.462 e. The second kappa shape index (κ2) is 70.8. The van der Waals surface area contributed by atoms with Crippen molar-refractivity contribution in [3.63, 3.8) is 0 Å². The Morgan fingerprint density at radius 2 is 0.470 bits per heavy atom. The van der Waals surface area contributed by atoms with Crippen molar-refractivity contribution in [3.8, 4) is 0 Å². The normalized spacial score (nSPS) is 12.7. The summed E-state index contributed by atoms with van der Waals surface area (Å²) < 4.78 is 16.8. The maximum absolute atomic E-state index is 12.9. The number of allylic oxidation sites excluding steroid dienone is 16. The number of unbranched alkanes of at least 4 members (excludes halogenated alkanes) is 38. The standard InChI is InChI=1S/C77H134O6/c1-4-7-10-13-15-17-19-21-23-25-27-29-31-33-35-36-37-38-39-40-42-43-45-47-49-51-53-55-57-59-61-64-67-70-76(79)82-73-74(72-81-75(78)69-66-63-12-9-6-3)83-77(80)71-68-65-62-60-58-56-54-52-50-48-46-44-41-34-32-30-28-26-24-22-20-18-16-14-11-8-5-2/h7,10,15,17,21,23,26-29,33,35,37-38,40,42,74H,4-6,8-9,11-14,16,18-20,22,24-25,30-32,34,36,39,41,43-73H2,1-3H3/b10-7-,17-15-,23-21-,28-26-,29-27-,35-33-,38-37-,42-40-. The minimum atomic E-state index is -0.775. The zero-order valence-electron chi connectivity index (χ0n) is 54.9. The molecule has 0 saturated heterocycles. The molecule has 0 spiro atoms. The molecule has 0 aliphatic heterocycles. The van der Waals surface area contributed by atoms with Gasteiger partial charge in [0.1, 0.15) is 13.2 Å². The molecule has 0 aliphatic rings. The average Bonchev–Trinajstić information content (AvgIpc) is 3.49. The summed E-state index contributed by atoms with van der Waals surface area (Å²) in [4.78, 5) is 38.0. The molecular weight excluding hydrogens is 1020 g/mol. The number of hydrogen-bond acceptors (Lipinski definition) is 6. The molecule has 6 heteroatoms. The highest BCUT2D eigenvalue weighted by Gasteiger charge is 2.19. The van der Waals surface area contributed by atoms with E-state index in [0.717, 1.165) is 109 Å².